The highest BCUT2D eigenvalue weighted by Crippen LogP contribution is 2.15. The van der Waals surface area contributed by atoms with Crippen LogP contribution in [0.5, 0.6) is 5.75 Å². The lowest BCUT2D eigenvalue weighted by Gasteiger charge is -2.06. The first-order valence-corrected chi connectivity index (χ1v) is 6.64. The zero-order valence-electron chi connectivity index (χ0n) is 10.1. The van der Waals surface area contributed by atoms with Crippen LogP contribution in [0.15, 0.2) is 41.8 Å². The number of carbonyl (C=O) groups excluding carboxylic acids is 1. The Morgan fingerprint density at radius 3 is 3.16 bits per heavy atom. The summed E-state index contributed by atoms with van der Waals surface area (Å²) in [5, 5.41) is 0.861. The van der Waals surface area contributed by atoms with Gasteiger partial charge >= 0.3 is 0 Å². The van der Waals surface area contributed by atoms with Gasteiger partial charge in [0.15, 0.2) is 5.16 Å². The molecule has 19 heavy (non-hydrogen) atoms. The first kappa shape index (κ1) is 13.4. The number of hydrazine groups is 1. The summed E-state index contributed by atoms with van der Waals surface area (Å²) in [6, 6.07) is 6.87. The number of aromatic amines is 1. The van der Waals surface area contributed by atoms with Crippen LogP contribution < -0.4 is 16.0 Å². The summed E-state index contributed by atoms with van der Waals surface area (Å²) in [5.41, 5.74) is 2.55. The molecule has 2 rings (SSSR count). The van der Waals surface area contributed by atoms with Gasteiger partial charge in [0, 0.05) is 23.7 Å². The van der Waals surface area contributed by atoms with Gasteiger partial charge in [-0.25, -0.2) is 10.8 Å². The summed E-state index contributed by atoms with van der Waals surface area (Å²) in [7, 11) is 0. The molecule has 0 aliphatic carbocycles. The van der Waals surface area contributed by atoms with E-state index in [-0.39, 0.29) is 5.91 Å². The van der Waals surface area contributed by atoms with Gasteiger partial charge in [0.25, 0.3) is 5.91 Å². The van der Waals surface area contributed by atoms with Gasteiger partial charge in [-0.05, 0) is 18.2 Å². The Labute approximate surface area is 114 Å². The monoisotopic (exact) mass is 278 g/mol. The van der Waals surface area contributed by atoms with Gasteiger partial charge < -0.3 is 9.72 Å². The molecule has 0 bridgehead atoms. The standard InChI is InChI=1S/C12H14N4O2S/c13-16-11(17)9-2-1-3-10(8-9)18-6-7-19-12-14-4-5-15-12/h1-5,8H,6-7,13H2,(H,14,15)(H,16,17). The molecule has 0 radical (unpaired) electrons. The fraction of sp³-hybridized carbons (Fsp3) is 0.167. The minimum Gasteiger partial charge on any atom is -0.493 e. The highest BCUT2D eigenvalue weighted by Gasteiger charge is 2.04. The second-order valence-corrected chi connectivity index (χ2v) is 4.68. The lowest BCUT2D eigenvalue weighted by atomic mass is 10.2. The molecule has 0 fully saturated rings. The van der Waals surface area contributed by atoms with Crippen molar-refractivity contribution in [2.45, 2.75) is 5.16 Å². The van der Waals surface area contributed by atoms with Gasteiger partial charge in [-0.1, -0.05) is 17.8 Å². The number of benzene rings is 1. The number of carbonyl (C=O) groups is 1. The topological polar surface area (TPSA) is 93.0 Å². The molecule has 0 spiro atoms. The van der Waals surface area contributed by atoms with Crippen molar-refractivity contribution in [3.05, 3.63) is 42.2 Å². The number of amides is 1. The maximum atomic E-state index is 11.3. The van der Waals surface area contributed by atoms with Gasteiger partial charge in [0.05, 0.1) is 6.61 Å². The fourth-order valence-electron chi connectivity index (χ4n) is 1.44. The van der Waals surface area contributed by atoms with Crippen LogP contribution in [0, 0.1) is 0 Å². The minimum atomic E-state index is -0.338. The van der Waals surface area contributed by atoms with Crippen molar-refractivity contribution in [3.8, 4) is 5.75 Å². The molecule has 0 unspecified atom stereocenters. The van der Waals surface area contributed by atoms with Crippen molar-refractivity contribution in [1.82, 2.24) is 15.4 Å². The predicted octanol–water partition coefficient (Wildman–Crippen LogP) is 1.18. The number of hydrogen-bond donors (Lipinski definition) is 3. The summed E-state index contributed by atoms with van der Waals surface area (Å²) in [4.78, 5) is 18.4. The van der Waals surface area contributed by atoms with Gasteiger partial charge in [-0.15, -0.1) is 0 Å². The Morgan fingerprint density at radius 1 is 1.53 bits per heavy atom. The molecule has 1 amide bonds. The van der Waals surface area contributed by atoms with E-state index in [1.807, 2.05) is 0 Å². The molecule has 0 saturated carbocycles. The van der Waals surface area contributed by atoms with E-state index in [1.54, 1.807) is 48.4 Å². The summed E-state index contributed by atoms with van der Waals surface area (Å²) >= 11 is 1.57. The highest BCUT2D eigenvalue weighted by molar-refractivity contribution is 7.99. The third kappa shape index (κ3) is 4.01. The summed E-state index contributed by atoms with van der Waals surface area (Å²) in [6.07, 6.45) is 3.48. The Hall–Kier alpha value is -1.99. The number of rotatable bonds is 6. The molecule has 0 aliphatic rings. The van der Waals surface area contributed by atoms with Gasteiger partial charge in [0.2, 0.25) is 0 Å². The van der Waals surface area contributed by atoms with Crippen LogP contribution in [0.2, 0.25) is 0 Å². The summed E-state index contributed by atoms with van der Waals surface area (Å²) < 4.78 is 5.56. The normalized spacial score (nSPS) is 10.2. The van der Waals surface area contributed by atoms with Crippen LogP contribution >= 0.6 is 11.8 Å². The lowest BCUT2D eigenvalue weighted by molar-refractivity contribution is 0.0953. The molecule has 2 aromatic rings. The van der Waals surface area contributed by atoms with Crippen LogP contribution in [0.3, 0.4) is 0 Å². The van der Waals surface area contributed by atoms with Crippen molar-refractivity contribution in [1.29, 1.82) is 0 Å². The molecule has 4 N–H and O–H groups in total. The molecule has 1 aromatic heterocycles. The molecule has 100 valence electrons. The summed E-state index contributed by atoms with van der Waals surface area (Å²) in [6.45, 7) is 0.527. The van der Waals surface area contributed by atoms with E-state index in [0.29, 0.717) is 17.9 Å². The molecule has 7 heteroatoms. The molecular weight excluding hydrogens is 264 g/mol. The van der Waals surface area contributed by atoms with Crippen LogP contribution in [0.25, 0.3) is 0 Å². The van der Waals surface area contributed by atoms with Crippen molar-refractivity contribution in [2.75, 3.05) is 12.4 Å². The molecule has 1 heterocycles. The first-order valence-electron chi connectivity index (χ1n) is 5.65. The third-order valence-electron chi connectivity index (χ3n) is 2.29. The Morgan fingerprint density at radius 2 is 2.42 bits per heavy atom. The van der Waals surface area contributed by atoms with Gasteiger partial charge in [0.1, 0.15) is 5.75 Å². The van der Waals surface area contributed by atoms with Gasteiger partial charge in [-0.2, -0.15) is 0 Å². The molecule has 6 nitrogen and oxygen atoms in total. The van der Waals surface area contributed by atoms with E-state index in [9.17, 15) is 4.79 Å². The average molecular weight is 278 g/mol. The quantitative estimate of drug-likeness (QED) is 0.243. The molecule has 0 aliphatic heterocycles. The maximum absolute atomic E-state index is 11.3. The zero-order chi connectivity index (χ0) is 13.5. The number of ether oxygens (including phenoxy) is 1. The van der Waals surface area contributed by atoms with E-state index in [1.165, 1.54) is 0 Å². The predicted molar refractivity (Wildman–Crippen MR) is 72.9 cm³/mol. The first-order chi connectivity index (χ1) is 9.29. The molecule has 1 aromatic carbocycles. The Balaban J connectivity index is 1.81. The van der Waals surface area contributed by atoms with E-state index in [4.69, 9.17) is 10.6 Å². The Bertz CT molecular complexity index is 530. The maximum Gasteiger partial charge on any atom is 0.265 e. The number of nitrogens with two attached hydrogens (primary N) is 1. The van der Waals surface area contributed by atoms with Crippen LogP contribution in [-0.2, 0) is 0 Å². The SMILES string of the molecule is NNC(=O)c1cccc(OCCSc2ncc[nH]2)c1. The van der Waals surface area contributed by atoms with Crippen LogP contribution in [-0.4, -0.2) is 28.2 Å². The van der Waals surface area contributed by atoms with Crippen molar-refractivity contribution in [2.24, 2.45) is 5.84 Å². The lowest BCUT2D eigenvalue weighted by Crippen LogP contribution is -2.29. The zero-order valence-corrected chi connectivity index (χ0v) is 10.9. The molecule has 0 saturated heterocycles. The number of imidazole rings is 1. The molecule has 0 atom stereocenters. The number of nitrogen functional groups attached to an aromatic ring is 1. The second-order valence-electron chi connectivity index (χ2n) is 3.59. The number of aromatic nitrogens is 2. The summed E-state index contributed by atoms with van der Waals surface area (Å²) in [5.74, 6) is 6.14. The number of hydrogen-bond acceptors (Lipinski definition) is 5. The van der Waals surface area contributed by atoms with Crippen molar-refractivity contribution < 1.29 is 9.53 Å². The van der Waals surface area contributed by atoms with Gasteiger partial charge in [-0.3, -0.25) is 10.2 Å². The smallest absolute Gasteiger partial charge is 0.265 e. The second kappa shape index (κ2) is 6.81. The van der Waals surface area contributed by atoms with Crippen molar-refractivity contribution in [3.63, 3.8) is 0 Å². The minimum absolute atomic E-state index is 0.338. The largest absolute Gasteiger partial charge is 0.493 e. The number of thioether (sulfide) groups is 1. The number of nitrogens with one attached hydrogen (secondary N) is 2. The fourth-order valence-corrected chi connectivity index (χ4v) is 2.08. The van der Waals surface area contributed by atoms with E-state index < -0.39 is 0 Å². The highest BCUT2D eigenvalue weighted by atomic mass is 32.2. The molecular formula is C12H14N4O2S. The van der Waals surface area contributed by atoms with E-state index in [2.05, 4.69) is 15.4 Å². The third-order valence-corrected chi connectivity index (χ3v) is 3.16. The number of nitrogens with zero attached hydrogens (tertiary/aromatic N) is 1. The van der Waals surface area contributed by atoms with Crippen LogP contribution in [0.1, 0.15) is 10.4 Å². The van der Waals surface area contributed by atoms with E-state index >= 15 is 0 Å². The van der Waals surface area contributed by atoms with E-state index in [0.717, 1.165) is 10.9 Å². The van der Waals surface area contributed by atoms with Crippen LogP contribution in [0.4, 0.5) is 0 Å². The van der Waals surface area contributed by atoms with Crippen molar-refractivity contribution >= 4 is 17.7 Å². The Kier molecular flexibility index (Phi) is 4.82. The number of H-pyrrole nitrogens is 1. The average Bonchev–Trinajstić information content (AvgIpc) is 2.96.